The van der Waals surface area contributed by atoms with Gasteiger partial charge in [0.2, 0.25) is 0 Å². The zero-order valence-electron chi connectivity index (χ0n) is 5.88. The number of rotatable bonds is 0. The molecule has 58 valence electrons. The minimum atomic E-state index is -0.585. The van der Waals surface area contributed by atoms with E-state index in [0.29, 0.717) is 13.0 Å². The Balaban J connectivity index is 2.03. The normalized spacial score (nSPS) is 47.1. The molecule has 0 radical (unpaired) electrons. The molecule has 0 unspecified atom stereocenters. The number of ether oxygens (including phenoxy) is 2. The van der Waals surface area contributed by atoms with Gasteiger partial charge in [-0.25, -0.2) is 0 Å². The summed E-state index contributed by atoms with van der Waals surface area (Å²) in [6, 6.07) is 0. The van der Waals surface area contributed by atoms with Crippen molar-refractivity contribution in [3.8, 4) is 0 Å². The van der Waals surface area contributed by atoms with E-state index in [9.17, 15) is 0 Å². The highest BCUT2D eigenvalue weighted by Gasteiger charge is 2.42. The summed E-state index contributed by atoms with van der Waals surface area (Å²) in [6.07, 6.45) is 2.23. The first-order chi connectivity index (χ1) is 4.81. The Labute approximate surface area is 59.9 Å². The first-order valence-corrected chi connectivity index (χ1v) is 3.74. The first kappa shape index (κ1) is 6.58. The Kier molecular flexibility index (Phi) is 1.44. The largest absolute Gasteiger partial charge is 0.372 e. The van der Waals surface area contributed by atoms with Crippen LogP contribution in [0.25, 0.3) is 0 Å². The van der Waals surface area contributed by atoms with Gasteiger partial charge >= 0.3 is 0 Å². The van der Waals surface area contributed by atoms with Crippen molar-refractivity contribution in [2.45, 2.75) is 31.2 Å². The monoisotopic (exact) mass is 144 g/mol. The lowest BCUT2D eigenvalue weighted by atomic mass is 9.99. The van der Waals surface area contributed by atoms with Gasteiger partial charge in [0.05, 0.1) is 12.2 Å². The van der Waals surface area contributed by atoms with E-state index in [4.69, 9.17) is 14.6 Å². The minimum Gasteiger partial charge on any atom is -0.372 e. The maximum Gasteiger partial charge on any atom is 0.157 e. The Bertz CT molecular complexity index is 129. The molecule has 3 nitrogen and oxygen atoms in total. The molecule has 2 saturated heterocycles. The zero-order valence-corrected chi connectivity index (χ0v) is 5.88. The third-order valence-corrected chi connectivity index (χ3v) is 2.27. The molecule has 1 spiro atoms. The van der Waals surface area contributed by atoms with E-state index in [1.54, 1.807) is 0 Å². The van der Waals surface area contributed by atoms with Crippen LogP contribution in [-0.4, -0.2) is 30.2 Å². The summed E-state index contributed by atoms with van der Waals surface area (Å²) < 4.78 is 10.5. The van der Waals surface area contributed by atoms with Crippen molar-refractivity contribution in [3.63, 3.8) is 0 Å². The lowest BCUT2D eigenvalue weighted by molar-refractivity contribution is -0.0619. The van der Waals surface area contributed by atoms with E-state index >= 15 is 0 Å². The summed E-state index contributed by atoms with van der Waals surface area (Å²) in [6.45, 7) is 1.41. The van der Waals surface area contributed by atoms with Crippen molar-refractivity contribution >= 4 is 0 Å². The Hall–Kier alpha value is -0.120. The van der Waals surface area contributed by atoms with Gasteiger partial charge in [-0.05, 0) is 12.8 Å². The summed E-state index contributed by atoms with van der Waals surface area (Å²) in [5.41, 5.74) is -0.112. The van der Waals surface area contributed by atoms with Crippen LogP contribution in [0.4, 0.5) is 0 Å². The summed E-state index contributed by atoms with van der Waals surface area (Å²) in [4.78, 5) is 0. The van der Waals surface area contributed by atoms with Gasteiger partial charge in [-0.3, -0.25) is 0 Å². The topological polar surface area (TPSA) is 38.7 Å². The summed E-state index contributed by atoms with van der Waals surface area (Å²) in [5, 5.41) is 9.05. The predicted octanol–water partition coefficient (Wildman–Crippen LogP) is 0.274. The van der Waals surface area contributed by atoms with Crippen LogP contribution in [0.2, 0.25) is 0 Å². The molecule has 2 fully saturated rings. The number of hydrogen-bond acceptors (Lipinski definition) is 3. The molecule has 0 amide bonds. The summed E-state index contributed by atoms with van der Waals surface area (Å²) in [7, 11) is 0. The van der Waals surface area contributed by atoms with Gasteiger partial charge in [-0.2, -0.15) is 0 Å². The van der Waals surface area contributed by atoms with Gasteiger partial charge in [0, 0.05) is 13.0 Å². The molecule has 2 aliphatic heterocycles. The predicted molar refractivity (Wildman–Crippen MR) is 34.5 cm³/mol. The average Bonchev–Trinajstić information content (AvgIpc) is 2.46. The molecular weight excluding hydrogens is 132 g/mol. The Morgan fingerprint density at radius 2 is 2.40 bits per heavy atom. The molecule has 2 atom stereocenters. The summed E-state index contributed by atoms with van der Waals surface area (Å²) >= 11 is 0. The van der Waals surface area contributed by atoms with Gasteiger partial charge < -0.3 is 14.6 Å². The van der Waals surface area contributed by atoms with Crippen molar-refractivity contribution < 1.29 is 14.6 Å². The quantitative estimate of drug-likeness (QED) is 0.530. The molecule has 0 aliphatic carbocycles. The van der Waals surface area contributed by atoms with Crippen LogP contribution in [-0.2, 0) is 9.47 Å². The molecule has 0 aromatic rings. The second kappa shape index (κ2) is 2.19. The molecule has 0 bridgehead atoms. The van der Waals surface area contributed by atoms with Crippen LogP contribution in [0.15, 0.2) is 0 Å². The van der Waals surface area contributed by atoms with Crippen LogP contribution in [0.5, 0.6) is 0 Å². The lowest BCUT2D eigenvalue weighted by Gasteiger charge is -2.18. The number of aliphatic hydroxyl groups excluding tert-OH is 1. The molecule has 0 saturated carbocycles. The van der Waals surface area contributed by atoms with E-state index in [-0.39, 0.29) is 5.60 Å². The molecule has 3 heteroatoms. The smallest absolute Gasteiger partial charge is 0.157 e. The van der Waals surface area contributed by atoms with E-state index in [0.717, 1.165) is 19.4 Å². The Morgan fingerprint density at radius 3 is 2.90 bits per heavy atom. The second-order valence-corrected chi connectivity index (χ2v) is 3.10. The standard InChI is InChI=1S/C7H12O3/c8-6-4-7(5-9-6)2-1-3-10-7/h6,8H,1-5H2/t6-,7-/m0/s1. The van der Waals surface area contributed by atoms with Crippen molar-refractivity contribution in [3.05, 3.63) is 0 Å². The van der Waals surface area contributed by atoms with Crippen LogP contribution >= 0.6 is 0 Å². The molecule has 2 aliphatic rings. The van der Waals surface area contributed by atoms with Gasteiger partial charge in [0.25, 0.3) is 0 Å². The fraction of sp³-hybridized carbons (Fsp3) is 1.00. The molecule has 0 aromatic carbocycles. The van der Waals surface area contributed by atoms with Crippen LogP contribution in [0.3, 0.4) is 0 Å². The molecular formula is C7H12O3. The van der Waals surface area contributed by atoms with E-state index in [1.165, 1.54) is 0 Å². The maximum atomic E-state index is 9.05. The third kappa shape index (κ3) is 0.944. The number of hydrogen-bond donors (Lipinski definition) is 1. The van der Waals surface area contributed by atoms with E-state index in [1.807, 2.05) is 0 Å². The minimum absolute atomic E-state index is 0.112. The van der Waals surface area contributed by atoms with Gasteiger partial charge in [-0.15, -0.1) is 0 Å². The van der Waals surface area contributed by atoms with Gasteiger partial charge in [-0.1, -0.05) is 0 Å². The molecule has 2 heterocycles. The van der Waals surface area contributed by atoms with E-state index < -0.39 is 6.29 Å². The van der Waals surface area contributed by atoms with Gasteiger partial charge in [0.15, 0.2) is 6.29 Å². The Morgan fingerprint density at radius 1 is 1.50 bits per heavy atom. The fourth-order valence-corrected chi connectivity index (χ4v) is 1.71. The van der Waals surface area contributed by atoms with Crippen molar-refractivity contribution in [2.24, 2.45) is 0 Å². The van der Waals surface area contributed by atoms with Crippen LogP contribution in [0, 0.1) is 0 Å². The van der Waals surface area contributed by atoms with Crippen molar-refractivity contribution in [1.29, 1.82) is 0 Å². The SMILES string of the molecule is O[C@@H]1C[C@@]2(CCCO2)CO1. The van der Waals surface area contributed by atoms with E-state index in [2.05, 4.69) is 0 Å². The second-order valence-electron chi connectivity index (χ2n) is 3.10. The highest BCUT2D eigenvalue weighted by molar-refractivity contribution is 4.89. The molecule has 2 rings (SSSR count). The van der Waals surface area contributed by atoms with Crippen LogP contribution in [0.1, 0.15) is 19.3 Å². The number of aliphatic hydroxyl groups is 1. The fourth-order valence-electron chi connectivity index (χ4n) is 1.71. The maximum absolute atomic E-state index is 9.05. The first-order valence-electron chi connectivity index (χ1n) is 3.74. The molecule has 0 aromatic heterocycles. The zero-order chi connectivity index (χ0) is 7.03. The van der Waals surface area contributed by atoms with Crippen LogP contribution < -0.4 is 0 Å². The summed E-state index contributed by atoms with van der Waals surface area (Å²) in [5.74, 6) is 0. The molecule has 1 N–H and O–H groups in total. The van der Waals surface area contributed by atoms with Crippen molar-refractivity contribution in [1.82, 2.24) is 0 Å². The van der Waals surface area contributed by atoms with Gasteiger partial charge in [0.1, 0.15) is 0 Å². The average molecular weight is 144 g/mol. The molecule has 10 heavy (non-hydrogen) atoms. The highest BCUT2D eigenvalue weighted by atomic mass is 16.6. The highest BCUT2D eigenvalue weighted by Crippen LogP contribution is 2.35. The lowest BCUT2D eigenvalue weighted by Crippen LogP contribution is -2.27. The third-order valence-electron chi connectivity index (χ3n) is 2.27. The van der Waals surface area contributed by atoms with Crippen molar-refractivity contribution in [2.75, 3.05) is 13.2 Å².